The van der Waals surface area contributed by atoms with E-state index in [0.717, 1.165) is 24.9 Å². The minimum atomic E-state index is -0.916. The second kappa shape index (κ2) is 9.82. The van der Waals surface area contributed by atoms with Gasteiger partial charge in [0.05, 0.1) is 5.56 Å². The summed E-state index contributed by atoms with van der Waals surface area (Å²) in [6.45, 7) is 4.93. The number of ether oxygens (including phenoxy) is 3. The highest BCUT2D eigenvalue weighted by molar-refractivity contribution is 5.97. The average molecular weight is 398 g/mol. The first-order valence-corrected chi connectivity index (χ1v) is 9.78. The molecule has 0 aromatic heterocycles. The zero-order valence-electron chi connectivity index (χ0n) is 16.7. The Labute approximate surface area is 170 Å². The molecule has 2 aromatic carbocycles. The molecule has 1 amide bonds. The Hall–Kier alpha value is -3.22. The summed E-state index contributed by atoms with van der Waals surface area (Å²) in [6.07, 6.45) is 1.14. The van der Waals surface area contributed by atoms with E-state index >= 15 is 0 Å². The van der Waals surface area contributed by atoms with Gasteiger partial charge in [-0.3, -0.25) is 4.79 Å². The Morgan fingerprint density at radius 2 is 1.93 bits per heavy atom. The molecule has 29 heavy (non-hydrogen) atoms. The quantitative estimate of drug-likeness (QED) is 0.497. The smallest absolute Gasteiger partial charge is 0.341 e. The van der Waals surface area contributed by atoms with E-state index in [9.17, 15) is 9.59 Å². The normalized spacial score (nSPS) is 12.9. The number of anilines is 1. The van der Waals surface area contributed by atoms with Crippen LogP contribution in [-0.4, -0.2) is 31.3 Å². The number of fused-ring (bicyclic) bond motifs is 1. The molecule has 0 bridgehead atoms. The van der Waals surface area contributed by atoms with E-state index in [1.807, 2.05) is 24.3 Å². The highest BCUT2D eigenvalue weighted by atomic mass is 16.7. The molecule has 0 saturated heterocycles. The van der Waals surface area contributed by atoms with Crippen molar-refractivity contribution < 1.29 is 23.8 Å². The van der Waals surface area contributed by atoms with Crippen LogP contribution >= 0.6 is 0 Å². The largest absolute Gasteiger partial charge is 0.454 e. The van der Waals surface area contributed by atoms with Crippen molar-refractivity contribution in [2.24, 2.45) is 0 Å². The van der Waals surface area contributed by atoms with Crippen molar-refractivity contribution >= 4 is 17.6 Å². The minimum Gasteiger partial charge on any atom is -0.454 e. The van der Waals surface area contributed by atoms with Gasteiger partial charge in [0.2, 0.25) is 6.79 Å². The second-order valence-electron chi connectivity index (χ2n) is 6.78. The number of esters is 1. The first-order valence-electron chi connectivity index (χ1n) is 9.78. The molecule has 3 rings (SSSR count). The summed E-state index contributed by atoms with van der Waals surface area (Å²) in [5.74, 6) is 0.444. The van der Waals surface area contributed by atoms with Crippen molar-refractivity contribution in [3.05, 3.63) is 53.6 Å². The maximum atomic E-state index is 12.5. The summed E-state index contributed by atoms with van der Waals surface area (Å²) < 4.78 is 16.0. The van der Waals surface area contributed by atoms with Crippen molar-refractivity contribution in [3.63, 3.8) is 0 Å². The Morgan fingerprint density at radius 3 is 2.76 bits per heavy atom. The molecule has 1 aliphatic heterocycles. The molecule has 7 nitrogen and oxygen atoms in total. The second-order valence-corrected chi connectivity index (χ2v) is 6.78. The maximum Gasteiger partial charge on any atom is 0.341 e. The van der Waals surface area contributed by atoms with Gasteiger partial charge in [0.1, 0.15) is 0 Å². The van der Waals surface area contributed by atoms with Crippen molar-refractivity contribution in [2.45, 2.75) is 39.3 Å². The first-order chi connectivity index (χ1) is 14.1. The third-order valence-electron chi connectivity index (χ3n) is 4.55. The Balaban J connectivity index is 1.53. The molecular weight excluding hydrogens is 372 g/mol. The topological polar surface area (TPSA) is 85.9 Å². The average Bonchev–Trinajstić information content (AvgIpc) is 3.20. The van der Waals surface area contributed by atoms with E-state index in [1.54, 1.807) is 25.1 Å². The monoisotopic (exact) mass is 398 g/mol. The van der Waals surface area contributed by atoms with Gasteiger partial charge in [-0.1, -0.05) is 31.5 Å². The number of benzene rings is 2. The van der Waals surface area contributed by atoms with Crippen LogP contribution in [0.3, 0.4) is 0 Å². The van der Waals surface area contributed by atoms with Crippen LogP contribution in [0, 0.1) is 0 Å². The summed E-state index contributed by atoms with van der Waals surface area (Å²) in [7, 11) is 0. The van der Waals surface area contributed by atoms with E-state index in [1.165, 1.54) is 0 Å². The van der Waals surface area contributed by atoms with E-state index in [4.69, 9.17) is 14.2 Å². The molecule has 0 radical (unpaired) electrons. The van der Waals surface area contributed by atoms with Gasteiger partial charge in [0.25, 0.3) is 5.91 Å². The summed E-state index contributed by atoms with van der Waals surface area (Å²) >= 11 is 0. The lowest BCUT2D eigenvalue weighted by Gasteiger charge is -2.16. The molecule has 2 N–H and O–H groups in total. The molecule has 0 fully saturated rings. The van der Waals surface area contributed by atoms with Gasteiger partial charge in [-0.15, -0.1) is 0 Å². The molecule has 0 spiro atoms. The lowest BCUT2D eigenvalue weighted by Crippen LogP contribution is -2.35. The lowest BCUT2D eigenvalue weighted by atomic mass is 10.1. The molecule has 0 unspecified atom stereocenters. The van der Waals surface area contributed by atoms with Gasteiger partial charge in [0, 0.05) is 18.8 Å². The van der Waals surface area contributed by atoms with E-state index in [2.05, 4.69) is 17.6 Å². The van der Waals surface area contributed by atoms with Crippen LogP contribution in [0.15, 0.2) is 42.5 Å². The van der Waals surface area contributed by atoms with Crippen molar-refractivity contribution in [1.29, 1.82) is 0 Å². The predicted octanol–water partition coefficient (Wildman–Crippen LogP) is 3.49. The van der Waals surface area contributed by atoms with Gasteiger partial charge in [-0.25, -0.2) is 4.79 Å². The maximum absolute atomic E-state index is 12.5. The van der Waals surface area contributed by atoms with Crippen LogP contribution in [0.4, 0.5) is 5.69 Å². The van der Waals surface area contributed by atoms with Gasteiger partial charge < -0.3 is 24.8 Å². The van der Waals surface area contributed by atoms with Gasteiger partial charge >= 0.3 is 5.97 Å². The van der Waals surface area contributed by atoms with E-state index in [-0.39, 0.29) is 12.7 Å². The Morgan fingerprint density at radius 1 is 1.14 bits per heavy atom. The number of carbonyl (C=O) groups is 2. The Bertz CT molecular complexity index is 868. The minimum absolute atomic E-state index is 0.201. The third-order valence-corrected chi connectivity index (χ3v) is 4.55. The molecule has 7 heteroatoms. The van der Waals surface area contributed by atoms with Crippen molar-refractivity contribution in [3.8, 4) is 11.5 Å². The standard InChI is InChI=1S/C22H26N2O5/c1-3-4-11-23-18-8-6-5-7-17(18)22(26)29-15(2)21(25)24-13-16-9-10-19-20(12-16)28-14-27-19/h5-10,12,15,23H,3-4,11,13-14H2,1-2H3,(H,24,25)/t15-/m0/s1. The molecule has 0 saturated carbocycles. The van der Waals surface area contributed by atoms with Crippen molar-refractivity contribution in [2.75, 3.05) is 18.7 Å². The number of amides is 1. The van der Waals surface area contributed by atoms with Crippen LogP contribution in [0.5, 0.6) is 11.5 Å². The number of para-hydroxylation sites is 1. The van der Waals surface area contributed by atoms with Crippen LogP contribution in [-0.2, 0) is 16.1 Å². The summed E-state index contributed by atoms with van der Waals surface area (Å²) in [5.41, 5.74) is 1.99. The summed E-state index contributed by atoms with van der Waals surface area (Å²) in [5, 5.41) is 6.02. The molecule has 1 atom stereocenters. The highest BCUT2D eigenvalue weighted by Crippen LogP contribution is 2.32. The fourth-order valence-corrected chi connectivity index (χ4v) is 2.88. The molecule has 0 aliphatic carbocycles. The van der Waals surface area contributed by atoms with Gasteiger partial charge in [0.15, 0.2) is 17.6 Å². The van der Waals surface area contributed by atoms with Crippen LogP contribution in [0.1, 0.15) is 42.6 Å². The molecule has 154 valence electrons. The fraction of sp³-hybridized carbons (Fsp3) is 0.364. The number of nitrogens with one attached hydrogen (secondary N) is 2. The predicted molar refractivity (Wildman–Crippen MR) is 109 cm³/mol. The SMILES string of the molecule is CCCCNc1ccccc1C(=O)O[C@@H](C)C(=O)NCc1ccc2c(c1)OCO2. The Kier molecular flexibility index (Phi) is 6.94. The number of hydrogen-bond donors (Lipinski definition) is 2. The number of unbranched alkanes of at least 4 members (excludes halogenated alkanes) is 1. The molecule has 2 aromatic rings. The third kappa shape index (κ3) is 5.40. The number of rotatable bonds is 9. The highest BCUT2D eigenvalue weighted by Gasteiger charge is 2.21. The van der Waals surface area contributed by atoms with Gasteiger partial charge in [-0.2, -0.15) is 0 Å². The van der Waals surface area contributed by atoms with Crippen LogP contribution < -0.4 is 20.1 Å². The van der Waals surface area contributed by atoms with Crippen LogP contribution in [0.25, 0.3) is 0 Å². The number of carbonyl (C=O) groups excluding carboxylic acids is 2. The number of hydrogen-bond acceptors (Lipinski definition) is 6. The zero-order chi connectivity index (χ0) is 20.6. The fourth-order valence-electron chi connectivity index (χ4n) is 2.88. The zero-order valence-corrected chi connectivity index (χ0v) is 16.7. The summed E-state index contributed by atoms with van der Waals surface area (Å²) in [6, 6.07) is 12.6. The van der Waals surface area contributed by atoms with E-state index < -0.39 is 12.1 Å². The molecule has 1 heterocycles. The van der Waals surface area contributed by atoms with E-state index in [0.29, 0.717) is 29.3 Å². The molecular formula is C22H26N2O5. The summed E-state index contributed by atoms with van der Waals surface area (Å²) in [4.78, 5) is 24.9. The van der Waals surface area contributed by atoms with Gasteiger partial charge in [-0.05, 0) is 43.2 Å². The first kappa shape index (κ1) is 20.5. The molecule has 1 aliphatic rings. The van der Waals surface area contributed by atoms with Crippen molar-refractivity contribution in [1.82, 2.24) is 5.32 Å². The lowest BCUT2D eigenvalue weighted by molar-refractivity contribution is -0.129. The van der Waals surface area contributed by atoms with Crippen LogP contribution in [0.2, 0.25) is 0 Å².